The molecule has 1 aromatic carbocycles. The first kappa shape index (κ1) is 102. The minimum atomic E-state index is -2.47. The van der Waals surface area contributed by atoms with Gasteiger partial charge in [-0.15, -0.1) is 5.10 Å². The number of ketones is 3. The van der Waals surface area contributed by atoms with E-state index in [1.165, 1.54) is 18.3 Å². The molecule has 2 amide bonds. The molecule has 2 bridgehead atoms. The number of carbonyl (C=O) groups is 6. The summed E-state index contributed by atoms with van der Waals surface area (Å²) in [6.07, 6.45) is 16.3. The topological polar surface area (TPSA) is 449 Å². The van der Waals surface area contributed by atoms with E-state index in [0.717, 1.165) is 30.4 Å². The van der Waals surface area contributed by atoms with Gasteiger partial charge in [-0.05, 0) is 138 Å². The lowest BCUT2D eigenvalue weighted by Gasteiger charge is -2.42. The maximum absolute atomic E-state index is 14.8. The maximum Gasteiger partial charge on any atom is 0.329 e. The van der Waals surface area contributed by atoms with Gasteiger partial charge in [0, 0.05) is 83.5 Å². The first-order chi connectivity index (χ1) is 61.4. The highest BCUT2D eigenvalue weighted by Crippen LogP contribution is 2.39. The molecule has 3 aliphatic heterocycles. The summed E-state index contributed by atoms with van der Waals surface area (Å²) in [6, 6.07) is 4.39. The molecule has 706 valence electrons. The van der Waals surface area contributed by atoms with Crippen molar-refractivity contribution in [2.24, 2.45) is 35.5 Å². The number of rotatable bonds is 45. The lowest BCUT2D eigenvalue weighted by molar-refractivity contribution is -0.265. The normalized spacial score (nSPS) is 26.5. The Morgan fingerprint density at radius 2 is 1.39 bits per heavy atom. The van der Waals surface area contributed by atoms with Gasteiger partial charge in [-0.1, -0.05) is 76.3 Å². The third-order valence-corrected chi connectivity index (χ3v) is 23.7. The molecule has 5 aromatic rings. The van der Waals surface area contributed by atoms with Gasteiger partial charge in [0.2, 0.25) is 11.7 Å². The number of hydrogen-bond donors (Lipinski definition) is 5. The summed E-state index contributed by atoms with van der Waals surface area (Å²) in [5.74, 6) is -8.07. The fraction of sp³-hybridized carbons (Fsp3) is 0.692. The van der Waals surface area contributed by atoms with Gasteiger partial charge in [0.25, 0.3) is 17.7 Å². The van der Waals surface area contributed by atoms with Crippen LogP contribution in [0.25, 0.3) is 33.4 Å². The number of aliphatic hydroxyl groups excluding tert-OH is 1. The van der Waals surface area contributed by atoms with Crippen molar-refractivity contribution >= 4 is 69.1 Å². The minimum absolute atomic E-state index is 0.00921. The number of fused-ring (bicyclic) bond motifs is 5. The van der Waals surface area contributed by atoms with E-state index in [4.69, 9.17) is 92.0 Å². The summed E-state index contributed by atoms with van der Waals surface area (Å²) in [4.78, 5) is 98.7. The number of aryl methyl sites for hydroxylation is 1. The molecule has 0 unspecified atom stereocenters. The highest BCUT2D eigenvalue weighted by atomic mass is 16.6. The summed E-state index contributed by atoms with van der Waals surface area (Å²) < 4.78 is 96.4. The number of allylic oxidation sites excluding steroid dienone is 6. The van der Waals surface area contributed by atoms with Gasteiger partial charge in [0.05, 0.1) is 168 Å². The van der Waals surface area contributed by atoms with E-state index in [9.17, 15) is 39.0 Å². The van der Waals surface area contributed by atoms with E-state index in [1.54, 1.807) is 56.5 Å². The fourth-order valence-electron chi connectivity index (χ4n) is 16.4. The predicted octanol–water partition coefficient (Wildman–Crippen LogP) is 8.25. The lowest BCUT2D eigenvalue weighted by atomic mass is 9.78. The van der Waals surface area contributed by atoms with Gasteiger partial charge in [-0.25, -0.2) is 24.1 Å². The number of nitrogens with two attached hydrogens (primary N) is 2. The fourth-order valence-corrected chi connectivity index (χ4v) is 16.4. The first-order valence-corrected chi connectivity index (χ1v) is 45.0. The van der Waals surface area contributed by atoms with Crippen molar-refractivity contribution in [1.29, 1.82) is 0 Å². The van der Waals surface area contributed by atoms with Crippen molar-refractivity contribution in [3.63, 3.8) is 0 Å². The molecule has 3 fully saturated rings. The zero-order chi connectivity index (χ0) is 91.0. The predicted molar refractivity (Wildman–Crippen MR) is 469 cm³/mol. The number of piperidine rings is 1. The van der Waals surface area contributed by atoms with E-state index in [0.29, 0.717) is 235 Å². The highest BCUT2D eigenvalue weighted by molar-refractivity contribution is 6.39. The van der Waals surface area contributed by atoms with Gasteiger partial charge in [0.1, 0.15) is 59.2 Å². The molecule has 9 rings (SSSR count). The number of oxazole rings is 1. The smallest absolute Gasteiger partial charge is 0.329 e. The molecule has 4 aromatic heterocycles. The van der Waals surface area contributed by atoms with Crippen molar-refractivity contribution in [1.82, 2.24) is 49.9 Å². The van der Waals surface area contributed by atoms with Crippen molar-refractivity contribution in [3.8, 4) is 11.3 Å². The molecule has 7 N–H and O–H groups in total. The van der Waals surface area contributed by atoms with Crippen LogP contribution in [-0.2, 0) is 120 Å². The third-order valence-electron chi connectivity index (χ3n) is 23.7. The maximum atomic E-state index is 14.8. The number of Topliss-reactive ketones (excluding diaryl/α,β-unsaturated/α-hetero) is 3. The second-order valence-electron chi connectivity index (χ2n) is 33.4. The van der Waals surface area contributed by atoms with E-state index in [1.807, 2.05) is 76.4 Å². The molecule has 4 aliphatic rings. The molecular weight excluding hydrogens is 1650 g/mol. The molecule has 7 heterocycles. The number of aromatic nitrogens is 8. The molecule has 36 nitrogen and oxygen atoms in total. The molecule has 0 radical (unpaired) electrons. The summed E-state index contributed by atoms with van der Waals surface area (Å²) in [7, 11) is 4.61. The van der Waals surface area contributed by atoms with Crippen molar-refractivity contribution in [2.75, 3.05) is 165 Å². The van der Waals surface area contributed by atoms with Crippen LogP contribution in [0.2, 0.25) is 0 Å². The van der Waals surface area contributed by atoms with Gasteiger partial charge < -0.3 is 107 Å². The lowest BCUT2D eigenvalue weighted by Crippen LogP contribution is -2.61. The summed E-state index contributed by atoms with van der Waals surface area (Å²) in [5.41, 5.74) is 17.1. The minimum Gasteiger partial charge on any atom is -0.460 e. The molecular formula is C91H138N12O24. The van der Waals surface area contributed by atoms with Crippen LogP contribution in [0, 0.1) is 35.5 Å². The second-order valence-corrected chi connectivity index (χ2v) is 33.4. The monoisotopic (exact) mass is 1780 g/mol. The number of unbranched alkanes of at least 4 members (excludes halogenated alkanes) is 1. The number of methoxy groups -OCH3 is 3. The molecule has 127 heavy (non-hydrogen) atoms. The average Bonchev–Trinajstić information content (AvgIpc) is 1.54. The van der Waals surface area contributed by atoms with Crippen molar-refractivity contribution < 1.29 is 114 Å². The largest absolute Gasteiger partial charge is 0.460 e. The number of amides is 2. The summed E-state index contributed by atoms with van der Waals surface area (Å²) >= 11 is 0. The molecule has 2 saturated heterocycles. The van der Waals surface area contributed by atoms with Crippen LogP contribution in [0.5, 0.6) is 0 Å². The number of nitrogens with zero attached hydrogens (tertiary/aromatic N) is 9. The van der Waals surface area contributed by atoms with Crippen LogP contribution in [0.15, 0.2) is 82.7 Å². The number of carbonyl (C=O) groups excluding carboxylic acids is 6. The van der Waals surface area contributed by atoms with Crippen LogP contribution in [0.3, 0.4) is 0 Å². The van der Waals surface area contributed by atoms with Crippen LogP contribution in [0.4, 0.5) is 11.8 Å². The van der Waals surface area contributed by atoms with Crippen molar-refractivity contribution in [3.05, 3.63) is 84.0 Å². The van der Waals surface area contributed by atoms with Crippen LogP contribution < -0.4 is 16.8 Å². The van der Waals surface area contributed by atoms with Crippen molar-refractivity contribution in [2.45, 2.75) is 219 Å². The standard InChI is InChI=1S/C91H138N12O24/c1-60-18-12-11-13-19-61(2)76(112-8)55-70-24-21-66(7)91(111,127-70)85(108)88(109)102-29-16-14-20-72(102)89(110)125-77(56-73(104)62(3)51-65(6)83(107)84(114-10)82(106)64(5)50-60)63(4)52-67-22-25-75(78(53-67)113-9)124-49-48-123-58-69-57-101(100-98-69)31-33-116-35-37-118-39-41-120-43-45-122-47-46-121-44-42-119-40-38-117-36-34-115-32-27-79(105)94-28-15-17-30-103-87-80(86(92)95-59-96-87)81(99-103)68-23-26-74-71(54-68)97-90(93)126-74/h11-13,18-19,23,26,51,54,57,59-60,62-64,66-67,70,72,75-78,83-84,107,111H,14-17,20-22,24-25,27-50,52-53,55-56,58H2,1-10H3,(H2,93,97)(H,94,105)(H2,92,95,96)/b13-11+,18-12+,61-19-,65-51+/t60-,62-,63-,64-,66-,67+,70+,72+,75-,76+,77+,78-,83-,84+,91-/m1/s1. The number of aliphatic hydroxyl groups is 2. The second kappa shape index (κ2) is 54.4. The van der Waals surface area contributed by atoms with E-state index in [2.05, 4.69) is 30.6 Å². The van der Waals surface area contributed by atoms with Crippen LogP contribution >= 0.6 is 0 Å². The number of nitrogens with one attached hydrogen (secondary N) is 1. The first-order valence-electron chi connectivity index (χ1n) is 45.0. The van der Waals surface area contributed by atoms with Gasteiger partial charge in [-0.2, -0.15) is 10.1 Å². The average molecular weight is 1780 g/mol. The number of cyclic esters (lactones) is 1. The molecule has 15 atom stereocenters. The quantitative estimate of drug-likeness (QED) is 0.0106. The van der Waals surface area contributed by atoms with Gasteiger partial charge in [-0.3, -0.25) is 24.0 Å². The summed E-state index contributed by atoms with van der Waals surface area (Å²) in [5, 5.41) is 40.7. The molecule has 36 heteroatoms. The van der Waals surface area contributed by atoms with E-state index in [-0.39, 0.29) is 92.5 Å². The van der Waals surface area contributed by atoms with E-state index < -0.39 is 77.8 Å². The zero-order valence-corrected chi connectivity index (χ0v) is 75.9. The number of hydrogen-bond acceptors (Lipinski definition) is 32. The highest BCUT2D eigenvalue weighted by Gasteiger charge is 2.53. The number of anilines is 2. The Bertz CT molecular complexity index is 4320. The Kier molecular flexibility index (Phi) is 43.9. The van der Waals surface area contributed by atoms with Gasteiger partial charge >= 0.3 is 5.97 Å². The Morgan fingerprint density at radius 3 is 2.07 bits per heavy atom. The number of benzene rings is 1. The van der Waals surface area contributed by atoms with Crippen LogP contribution in [-0.4, -0.2) is 298 Å². The molecule has 0 spiro atoms. The van der Waals surface area contributed by atoms with Crippen LogP contribution in [0.1, 0.15) is 150 Å². The number of esters is 1. The molecule has 1 aliphatic carbocycles. The number of nitrogen functional groups attached to an aromatic ring is 2. The summed E-state index contributed by atoms with van der Waals surface area (Å²) in [6.45, 7) is 21.6. The zero-order valence-electron chi connectivity index (χ0n) is 75.9. The SMILES string of the molecule is CO[C@H]1C[C@@H]2CC[C@@H](C)[C@@](O)(O2)C(=O)C(=O)N2CCCC[C@H]2C(=O)O[C@H]([C@H](C)C[C@@H]2CC[C@@H](OCCOCc3cn(CCOCCOCCOCCOCCOCCOCCOCCOCCC(=O)NCCCCn4nc(-c5ccc6oc(N)nc6c5)c5c(N)ncnc54)nn3)[C@H](OC)C2)CC(=O)[C@H](C)/C=C(\C)[C@@H](O)[C@@H](OC)C(=O)[C@H](C)C[C@H](C)/C=C/C=C/C=C\1C. The van der Waals surface area contributed by atoms with Gasteiger partial charge in [0.15, 0.2) is 17.0 Å². The van der Waals surface area contributed by atoms with E-state index >= 15 is 0 Å². The third kappa shape index (κ3) is 32.4. The molecule has 1 saturated carbocycles. The Hall–Kier alpha value is -8.28. The Labute approximate surface area is 744 Å². The number of ether oxygens (including phenoxy) is 15. The Morgan fingerprint density at radius 1 is 0.717 bits per heavy atom. The Balaban J connectivity index is 0.586.